The Morgan fingerprint density at radius 2 is 1.06 bits per heavy atom. The highest BCUT2D eigenvalue weighted by Crippen LogP contribution is 2.31. The molecule has 3 atom stereocenters. The number of hydrogen-bond acceptors (Lipinski definition) is 7. The molecule has 0 bridgehead atoms. The van der Waals surface area contributed by atoms with E-state index in [0.29, 0.717) is 25.2 Å². The van der Waals surface area contributed by atoms with Crippen molar-refractivity contribution in [2.24, 2.45) is 0 Å². The largest absolute Gasteiger partial charge is 0.394 e. The third kappa shape index (κ3) is 22.0. The first-order valence-corrected chi connectivity index (χ1v) is 22.0. The zero-order valence-electron chi connectivity index (χ0n) is 33.9. The van der Waals surface area contributed by atoms with Crippen molar-refractivity contribution in [1.82, 2.24) is 9.55 Å². The summed E-state index contributed by atoms with van der Waals surface area (Å²) in [6.45, 7) is 6.16. The molecule has 0 saturated carbocycles. The summed E-state index contributed by atoms with van der Waals surface area (Å²) in [6, 6.07) is 0. The minimum atomic E-state index is -0.862. The molecule has 0 spiro atoms. The molecule has 1 fully saturated rings. The van der Waals surface area contributed by atoms with Gasteiger partial charge in [0.1, 0.15) is 12.3 Å². The fourth-order valence-corrected chi connectivity index (χ4v) is 7.20. The van der Waals surface area contributed by atoms with Crippen molar-refractivity contribution in [1.29, 1.82) is 0 Å². The van der Waals surface area contributed by atoms with E-state index in [1.54, 1.807) is 6.92 Å². The first-order valence-electron chi connectivity index (χ1n) is 22.0. The Morgan fingerprint density at radius 1 is 0.673 bits per heavy atom. The van der Waals surface area contributed by atoms with Crippen LogP contribution in [0.5, 0.6) is 0 Å². The number of nitrogens with zero attached hydrogens (tertiary/aromatic N) is 1. The standard InChI is InChI=1S/C43H80N2O7/c1-4-6-8-10-12-14-16-18-20-22-24-26-28-30-32-49-43(50-33-31-29-27-25-23-21-19-17-15-13-11-9-7-5-2)52-38-34-40(51-39(38)36-46)45-35-37(3)41(47)44-42(45)48/h35,38-40,43,46H,4-34,36H2,1-3H3,(H,44,47,48)/t38-,39+,40+/m0/s1. The summed E-state index contributed by atoms with van der Waals surface area (Å²) in [6.07, 6.45) is 36.5. The molecular formula is C43H80N2O7. The fourth-order valence-electron chi connectivity index (χ4n) is 7.20. The van der Waals surface area contributed by atoms with Gasteiger partial charge in [0.25, 0.3) is 12.0 Å². The number of aliphatic hydroxyl groups excluding tert-OH is 1. The molecular weight excluding hydrogens is 656 g/mol. The lowest BCUT2D eigenvalue weighted by molar-refractivity contribution is -0.309. The molecule has 1 aromatic heterocycles. The van der Waals surface area contributed by atoms with Gasteiger partial charge in [0.2, 0.25) is 0 Å². The van der Waals surface area contributed by atoms with E-state index in [4.69, 9.17) is 18.9 Å². The van der Waals surface area contributed by atoms with Gasteiger partial charge in [0.15, 0.2) is 0 Å². The molecule has 0 aromatic carbocycles. The molecule has 1 aromatic rings. The van der Waals surface area contributed by atoms with Crippen molar-refractivity contribution in [3.8, 4) is 0 Å². The topological polar surface area (TPSA) is 112 Å². The number of aromatic amines is 1. The normalized spacial score (nSPS) is 17.5. The first kappa shape index (κ1) is 46.6. The molecule has 1 aliphatic rings. The van der Waals surface area contributed by atoms with Crippen LogP contribution in [0.25, 0.3) is 0 Å². The highest BCUT2D eigenvalue weighted by atomic mass is 16.8. The van der Waals surface area contributed by atoms with E-state index < -0.39 is 36.2 Å². The van der Waals surface area contributed by atoms with E-state index in [2.05, 4.69) is 18.8 Å². The zero-order chi connectivity index (χ0) is 37.5. The second-order valence-electron chi connectivity index (χ2n) is 15.4. The van der Waals surface area contributed by atoms with Gasteiger partial charge in [-0.15, -0.1) is 0 Å². The highest BCUT2D eigenvalue weighted by Gasteiger charge is 2.39. The molecule has 0 aliphatic carbocycles. The van der Waals surface area contributed by atoms with Crippen LogP contribution in [0.3, 0.4) is 0 Å². The van der Waals surface area contributed by atoms with Crippen LogP contribution in [0.1, 0.15) is 212 Å². The van der Waals surface area contributed by atoms with Crippen LogP contribution < -0.4 is 11.2 Å². The fraction of sp³-hybridized carbons (Fsp3) is 0.907. The van der Waals surface area contributed by atoms with Gasteiger partial charge < -0.3 is 24.1 Å². The molecule has 0 unspecified atom stereocenters. The second kappa shape index (κ2) is 31.8. The van der Waals surface area contributed by atoms with Gasteiger partial charge in [-0.25, -0.2) is 4.79 Å². The first-order chi connectivity index (χ1) is 25.5. The number of unbranched alkanes of at least 4 members (excludes halogenated alkanes) is 26. The van der Waals surface area contributed by atoms with Gasteiger partial charge in [-0.1, -0.05) is 181 Å². The summed E-state index contributed by atoms with van der Waals surface area (Å²) >= 11 is 0. The van der Waals surface area contributed by atoms with Crippen LogP contribution in [-0.4, -0.2) is 53.2 Å². The SMILES string of the molecule is CCCCCCCCCCCCCCCCOC(OCCCCCCCCCCCCCCCC)O[C@H]1C[C@H](n2cc(C)c(=O)[nH]c2=O)O[C@@H]1CO. The Balaban J connectivity index is 1.69. The van der Waals surface area contributed by atoms with Gasteiger partial charge in [-0.2, -0.15) is 0 Å². The highest BCUT2D eigenvalue weighted by molar-refractivity contribution is 5.02. The number of ether oxygens (including phenoxy) is 4. The lowest BCUT2D eigenvalue weighted by Gasteiger charge is -2.24. The van der Waals surface area contributed by atoms with Gasteiger partial charge in [-0.3, -0.25) is 14.3 Å². The predicted octanol–water partition coefficient (Wildman–Crippen LogP) is 10.8. The van der Waals surface area contributed by atoms with Crippen molar-refractivity contribution in [2.75, 3.05) is 19.8 Å². The summed E-state index contributed by atoms with van der Waals surface area (Å²) < 4.78 is 25.9. The molecule has 9 heteroatoms. The lowest BCUT2D eigenvalue weighted by Crippen LogP contribution is -2.34. The zero-order valence-corrected chi connectivity index (χ0v) is 33.9. The van der Waals surface area contributed by atoms with Crippen LogP contribution >= 0.6 is 0 Å². The number of H-pyrrole nitrogens is 1. The molecule has 9 nitrogen and oxygen atoms in total. The number of nitrogens with one attached hydrogen (secondary N) is 1. The number of rotatable bonds is 36. The molecule has 2 heterocycles. The number of hydrogen-bond donors (Lipinski definition) is 2. The molecule has 0 amide bonds. The molecule has 0 radical (unpaired) electrons. The Bertz CT molecular complexity index is 1040. The van der Waals surface area contributed by atoms with Crippen LogP contribution in [0.15, 0.2) is 15.8 Å². The van der Waals surface area contributed by atoms with E-state index in [-0.39, 0.29) is 6.61 Å². The quantitative estimate of drug-likeness (QED) is 0.0521. The summed E-state index contributed by atoms with van der Waals surface area (Å²) in [5.74, 6) is 0. The van der Waals surface area contributed by atoms with Crippen LogP contribution in [0, 0.1) is 6.92 Å². The third-order valence-electron chi connectivity index (χ3n) is 10.6. The molecule has 1 aliphatic heterocycles. The molecule has 1 saturated heterocycles. The van der Waals surface area contributed by atoms with Crippen molar-refractivity contribution in [2.45, 2.75) is 232 Å². The van der Waals surface area contributed by atoms with Gasteiger partial charge in [-0.05, 0) is 19.8 Å². The summed E-state index contributed by atoms with van der Waals surface area (Å²) in [7, 11) is 0. The summed E-state index contributed by atoms with van der Waals surface area (Å²) in [5.41, 5.74) is -0.545. The molecule has 304 valence electrons. The van der Waals surface area contributed by atoms with E-state index in [9.17, 15) is 14.7 Å². The predicted molar refractivity (Wildman–Crippen MR) is 213 cm³/mol. The number of aromatic nitrogens is 2. The third-order valence-corrected chi connectivity index (χ3v) is 10.6. The van der Waals surface area contributed by atoms with Crippen molar-refractivity contribution >= 4 is 0 Å². The van der Waals surface area contributed by atoms with Gasteiger partial charge >= 0.3 is 5.69 Å². The molecule has 2 rings (SSSR count). The average molecular weight is 737 g/mol. The van der Waals surface area contributed by atoms with Gasteiger partial charge in [0, 0.05) is 18.2 Å². The van der Waals surface area contributed by atoms with Crippen molar-refractivity contribution in [3.05, 3.63) is 32.6 Å². The molecule has 52 heavy (non-hydrogen) atoms. The van der Waals surface area contributed by atoms with E-state index in [0.717, 1.165) is 25.7 Å². The van der Waals surface area contributed by atoms with E-state index >= 15 is 0 Å². The minimum absolute atomic E-state index is 0.261. The second-order valence-corrected chi connectivity index (χ2v) is 15.4. The smallest absolute Gasteiger partial charge is 0.330 e. The van der Waals surface area contributed by atoms with Crippen LogP contribution in [-0.2, 0) is 18.9 Å². The summed E-state index contributed by atoms with van der Waals surface area (Å²) in [5, 5.41) is 10.1. The maximum Gasteiger partial charge on any atom is 0.330 e. The van der Waals surface area contributed by atoms with Crippen LogP contribution in [0.2, 0.25) is 0 Å². The van der Waals surface area contributed by atoms with E-state index in [1.165, 1.54) is 165 Å². The molecule has 2 N–H and O–H groups in total. The average Bonchev–Trinajstić information content (AvgIpc) is 3.55. The lowest BCUT2D eigenvalue weighted by atomic mass is 10.0. The number of aryl methyl sites for hydroxylation is 1. The van der Waals surface area contributed by atoms with Gasteiger partial charge in [0.05, 0.1) is 25.9 Å². The number of aliphatic hydroxyl groups is 1. The Morgan fingerprint density at radius 3 is 1.44 bits per heavy atom. The minimum Gasteiger partial charge on any atom is -0.394 e. The monoisotopic (exact) mass is 737 g/mol. The maximum atomic E-state index is 12.5. The summed E-state index contributed by atoms with van der Waals surface area (Å²) in [4.78, 5) is 26.7. The Labute approximate surface area is 317 Å². The van der Waals surface area contributed by atoms with Crippen molar-refractivity contribution < 1.29 is 24.1 Å². The van der Waals surface area contributed by atoms with E-state index in [1.807, 2.05) is 0 Å². The Hall–Kier alpha value is -1.52. The Kier molecular flexibility index (Phi) is 28.5. The van der Waals surface area contributed by atoms with Crippen LogP contribution in [0.4, 0.5) is 0 Å². The maximum absolute atomic E-state index is 12.5. The van der Waals surface area contributed by atoms with Crippen molar-refractivity contribution in [3.63, 3.8) is 0 Å².